The van der Waals surface area contributed by atoms with Crippen LogP contribution in [0.15, 0.2) is 60.3 Å². The third-order valence-electron chi connectivity index (χ3n) is 5.23. The van der Waals surface area contributed by atoms with Crippen molar-refractivity contribution >= 4 is 17.3 Å². The molecule has 1 atom stereocenters. The van der Waals surface area contributed by atoms with Gasteiger partial charge < -0.3 is 16.4 Å². The molecule has 2 aromatic rings. The zero-order valence-corrected chi connectivity index (χ0v) is 19.4. The largest absolute Gasteiger partial charge is 0.397 e. The van der Waals surface area contributed by atoms with E-state index in [1.165, 1.54) is 11.1 Å². The van der Waals surface area contributed by atoms with Gasteiger partial charge in [0, 0.05) is 18.8 Å². The van der Waals surface area contributed by atoms with Gasteiger partial charge in [-0.3, -0.25) is 0 Å². The summed E-state index contributed by atoms with van der Waals surface area (Å²) in [4.78, 5) is 9.13. The summed E-state index contributed by atoms with van der Waals surface area (Å²) in [7, 11) is 0. The van der Waals surface area contributed by atoms with Crippen LogP contribution in [0.3, 0.4) is 0 Å². The van der Waals surface area contributed by atoms with E-state index in [0.29, 0.717) is 11.6 Å². The van der Waals surface area contributed by atoms with Gasteiger partial charge in [0.15, 0.2) is 0 Å². The molecule has 0 fully saturated rings. The molecule has 168 valence electrons. The molecule has 0 saturated carbocycles. The lowest BCUT2D eigenvalue weighted by Gasteiger charge is -2.23. The molecule has 1 aromatic carbocycles. The van der Waals surface area contributed by atoms with Crippen LogP contribution in [0, 0.1) is 19.8 Å². The fourth-order valence-corrected chi connectivity index (χ4v) is 3.40. The van der Waals surface area contributed by atoms with Crippen LogP contribution in [0.5, 0.6) is 0 Å². The highest BCUT2D eigenvalue weighted by atomic mass is 15.1. The highest BCUT2D eigenvalue weighted by molar-refractivity contribution is 5.87. The average molecular weight is 430 g/mol. The highest BCUT2D eigenvalue weighted by Crippen LogP contribution is 2.23. The van der Waals surface area contributed by atoms with Crippen LogP contribution >= 0.6 is 0 Å². The number of aryl methyl sites for hydroxylation is 1. The van der Waals surface area contributed by atoms with Gasteiger partial charge in [-0.15, -0.1) is 12.8 Å². The molecule has 1 heterocycles. The first kappa shape index (κ1) is 24.7. The molecular weight excluding hydrogens is 394 g/mol. The monoisotopic (exact) mass is 429 g/mol. The molecule has 1 aliphatic carbocycles. The molecule has 0 aliphatic heterocycles. The van der Waals surface area contributed by atoms with Gasteiger partial charge in [0.05, 0.1) is 17.1 Å². The van der Waals surface area contributed by atoms with Gasteiger partial charge in [0.1, 0.15) is 0 Å². The molecular formula is C27H35N5. The molecule has 0 spiro atoms. The molecule has 5 heteroatoms. The molecule has 0 amide bonds. The summed E-state index contributed by atoms with van der Waals surface area (Å²) in [5.74, 6) is 0.630. The van der Waals surface area contributed by atoms with E-state index < -0.39 is 0 Å². The minimum absolute atomic E-state index is 0.176. The van der Waals surface area contributed by atoms with E-state index in [1.807, 2.05) is 6.07 Å². The van der Waals surface area contributed by atoms with Crippen LogP contribution in [0.2, 0.25) is 0 Å². The summed E-state index contributed by atoms with van der Waals surface area (Å²) < 4.78 is 0. The number of nitrogens with zero attached hydrogens (tertiary/aromatic N) is 2. The molecule has 1 unspecified atom stereocenters. The minimum atomic E-state index is 0.176. The van der Waals surface area contributed by atoms with Crippen LogP contribution in [-0.2, 0) is 0 Å². The maximum absolute atomic E-state index is 6.68. The first-order chi connectivity index (χ1) is 15.6. The Labute approximate surface area is 193 Å². The molecule has 1 aromatic heterocycles. The Bertz CT molecular complexity index is 967. The van der Waals surface area contributed by atoms with Crippen LogP contribution in [0.25, 0.3) is 11.4 Å². The Kier molecular flexibility index (Phi) is 10.1. The van der Waals surface area contributed by atoms with Crippen molar-refractivity contribution in [2.45, 2.75) is 52.5 Å². The van der Waals surface area contributed by atoms with Gasteiger partial charge in [-0.1, -0.05) is 73.9 Å². The number of benzene rings is 1. The van der Waals surface area contributed by atoms with Crippen LogP contribution in [0.1, 0.15) is 56.4 Å². The zero-order valence-electron chi connectivity index (χ0n) is 19.4. The van der Waals surface area contributed by atoms with Crippen LogP contribution < -0.4 is 16.4 Å². The lowest BCUT2D eigenvalue weighted by Crippen LogP contribution is -2.29. The van der Waals surface area contributed by atoms with Crippen LogP contribution in [0.4, 0.5) is 5.95 Å². The summed E-state index contributed by atoms with van der Waals surface area (Å²) in [5, 5.41) is 6.96. The van der Waals surface area contributed by atoms with E-state index in [4.69, 9.17) is 10.7 Å². The SMILES string of the molecule is C#C.CCCCNc1nccc(/C(NC2C=C(CC)C=CC2)=C(/N)c2ccc(C)cc2)n1. The molecule has 3 rings (SSSR count). The van der Waals surface area contributed by atoms with Crippen molar-refractivity contribution in [3.8, 4) is 12.8 Å². The smallest absolute Gasteiger partial charge is 0.223 e. The van der Waals surface area contributed by atoms with Crippen molar-refractivity contribution in [1.82, 2.24) is 15.3 Å². The van der Waals surface area contributed by atoms with Gasteiger partial charge in [-0.25, -0.2) is 9.97 Å². The fraction of sp³-hybridized carbons (Fsp3) is 0.333. The third-order valence-corrected chi connectivity index (χ3v) is 5.23. The normalized spacial score (nSPS) is 15.7. The summed E-state index contributed by atoms with van der Waals surface area (Å²) >= 11 is 0. The molecule has 1 aliphatic rings. The van der Waals surface area contributed by atoms with Gasteiger partial charge in [0.2, 0.25) is 5.95 Å². The van der Waals surface area contributed by atoms with E-state index in [2.05, 4.69) is 91.7 Å². The van der Waals surface area contributed by atoms with E-state index in [1.54, 1.807) is 6.20 Å². The summed E-state index contributed by atoms with van der Waals surface area (Å²) in [6.07, 6.45) is 20.6. The highest BCUT2D eigenvalue weighted by Gasteiger charge is 2.16. The Morgan fingerprint density at radius 2 is 1.91 bits per heavy atom. The number of unbranched alkanes of at least 4 members (excludes halogenated alkanes) is 1. The molecule has 4 N–H and O–H groups in total. The number of nitrogens with one attached hydrogen (secondary N) is 2. The number of aromatic nitrogens is 2. The number of rotatable bonds is 9. The topological polar surface area (TPSA) is 75.9 Å². The van der Waals surface area contributed by atoms with Crippen molar-refractivity contribution in [3.05, 3.63) is 77.2 Å². The number of hydrogen-bond acceptors (Lipinski definition) is 5. The first-order valence-electron chi connectivity index (χ1n) is 11.2. The van der Waals surface area contributed by atoms with Gasteiger partial charge >= 0.3 is 0 Å². The Morgan fingerprint density at radius 3 is 2.59 bits per heavy atom. The second kappa shape index (κ2) is 13.0. The molecule has 5 nitrogen and oxygen atoms in total. The molecule has 0 saturated heterocycles. The summed E-state index contributed by atoms with van der Waals surface area (Å²) in [6.45, 7) is 7.28. The standard InChI is InChI=1S/C25H33N5.C2H2/c1-4-6-15-27-25-28-16-14-22(30-25)24(23(26)20-12-10-18(3)11-13-20)29-21-9-7-8-19(5-2)17-21;1-2/h7-8,10-14,16-17,21,29H,4-6,9,15,26H2,1-3H3,(H,27,28,30);1-2H/b24-23-;. The van der Waals surface area contributed by atoms with E-state index >= 15 is 0 Å². The molecule has 0 bridgehead atoms. The van der Waals surface area contributed by atoms with Gasteiger partial charge in [-0.2, -0.15) is 0 Å². The van der Waals surface area contributed by atoms with E-state index in [0.717, 1.165) is 49.2 Å². The second-order valence-corrected chi connectivity index (χ2v) is 7.68. The second-order valence-electron chi connectivity index (χ2n) is 7.68. The van der Waals surface area contributed by atoms with Gasteiger partial charge in [0.25, 0.3) is 0 Å². The minimum Gasteiger partial charge on any atom is -0.397 e. The number of terminal acetylenes is 1. The maximum Gasteiger partial charge on any atom is 0.223 e. The van der Waals surface area contributed by atoms with Crippen molar-refractivity contribution < 1.29 is 0 Å². The number of hydrogen-bond donors (Lipinski definition) is 3. The Balaban J connectivity index is 0.00000176. The fourth-order valence-electron chi connectivity index (χ4n) is 3.40. The quantitative estimate of drug-likeness (QED) is 0.373. The number of anilines is 1. The average Bonchev–Trinajstić information content (AvgIpc) is 2.84. The van der Waals surface area contributed by atoms with Gasteiger partial charge in [-0.05, 0) is 37.8 Å². The Morgan fingerprint density at radius 1 is 1.16 bits per heavy atom. The Hall–Kier alpha value is -3.52. The van der Waals surface area contributed by atoms with E-state index in [9.17, 15) is 0 Å². The lowest BCUT2D eigenvalue weighted by molar-refractivity contribution is 0.707. The number of allylic oxidation sites excluding steroid dienone is 2. The van der Waals surface area contributed by atoms with Crippen molar-refractivity contribution in [2.24, 2.45) is 5.73 Å². The summed E-state index contributed by atoms with van der Waals surface area (Å²) in [5.41, 5.74) is 12.5. The summed E-state index contributed by atoms with van der Waals surface area (Å²) in [6, 6.07) is 10.4. The van der Waals surface area contributed by atoms with Crippen LogP contribution in [-0.4, -0.2) is 22.6 Å². The third kappa shape index (κ3) is 7.02. The van der Waals surface area contributed by atoms with E-state index in [-0.39, 0.29) is 6.04 Å². The number of nitrogens with two attached hydrogens (primary N) is 1. The maximum atomic E-state index is 6.68. The molecule has 0 radical (unpaired) electrons. The first-order valence-corrected chi connectivity index (χ1v) is 11.2. The predicted molar refractivity (Wildman–Crippen MR) is 137 cm³/mol. The zero-order chi connectivity index (χ0) is 23.3. The molecule has 32 heavy (non-hydrogen) atoms. The lowest BCUT2D eigenvalue weighted by atomic mass is 9.99. The predicted octanol–water partition coefficient (Wildman–Crippen LogP) is 5.29. The van der Waals surface area contributed by atoms with Crippen molar-refractivity contribution in [1.29, 1.82) is 0 Å². The van der Waals surface area contributed by atoms with Crippen molar-refractivity contribution in [3.63, 3.8) is 0 Å². The van der Waals surface area contributed by atoms with Crippen molar-refractivity contribution in [2.75, 3.05) is 11.9 Å².